The summed E-state index contributed by atoms with van der Waals surface area (Å²) in [5.74, 6) is 0.509. The van der Waals surface area contributed by atoms with Crippen LogP contribution in [0, 0.1) is 0 Å². The minimum atomic E-state index is 0.0822. The molecule has 1 aromatic carbocycles. The van der Waals surface area contributed by atoms with Crippen LogP contribution in [0.1, 0.15) is 13.8 Å². The third-order valence-electron chi connectivity index (χ3n) is 4.46. The minimum Gasteiger partial charge on any atom is -0.372 e. The molecule has 2 unspecified atom stereocenters. The van der Waals surface area contributed by atoms with E-state index in [9.17, 15) is 4.79 Å². The molecule has 0 bridgehead atoms. The van der Waals surface area contributed by atoms with Gasteiger partial charge in [0.15, 0.2) is 0 Å². The average Bonchev–Trinajstić information content (AvgIpc) is 3.11. The normalized spacial score (nSPS) is 20.1. The van der Waals surface area contributed by atoms with Gasteiger partial charge in [0.2, 0.25) is 5.91 Å². The molecule has 1 fully saturated rings. The summed E-state index contributed by atoms with van der Waals surface area (Å²) in [5.41, 5.74) is 1.17. The van der Waals surface area contributed by atoms with Crippen molar-refractivity contribution < 1.29 is 9.53 Å². The predicted molar refractivity (Wildman–Crippen MR) is 110 cm³/mol. The maximum atomic E-state index is 12.6. The molecule has 4 rings (SSSR count). The second-order valence-electron chi connectivity index (χ2n) is 6.72. The zero-order chi connectivity index (χ0) is 18.8. The lowest BCUT2D eigenvalue weighted by Crippen LogP contribution is -2.48. The first-order valence-corrected chi connectivity index (χ1v) is 10.8. The Labute approximate surface area is 166 Å². The van der Waals surface area contributed by atoms with Crippen LogP contribution in [0.4, 0.5) is 0 Å². The number of morpholine rings is 1. The number of hydrogen-bond acceptors (Lipinski definition) is 6. The van der Waals surface area contributed by atoms with E-state index < -0.39 is 0 Å². The van der Waals surface area contributed by atoms with Gasteiger partial charge in [-0.05, 0) is 25.5 Å². The molecule has 0 aliphatic carbocycles. The largest absolute Gasteiger partial charge is 0.372 e. The Bertz CT molecular complexity index is 935. The van der Waals surface area contributed by atoms with Crippen molar-refractivity contribution >= 4 is 39.2 Å². The van der Waals surface area contributed by atoms with E-state index in [0.717, 1.165) is 20.1 Å². The molecular weight excluding hydrogens is 378 g/mol. The number of thiophene rings is 1. The Balaban J connectivity index is 1.50. The van der Waals surface area contributed by atoms with Gasteiger partial charge in [0, 0.05) is 23.4 Å². The van der Waals surface area contributed by atoms with Crippen LogP contribution in [0.5, 0.6) is 0 Å². The van der Waals surface area contributed by atoms with Gasteiger partial charge < -0.3 is 9.64 Å². The van der Waals surface area contributed by atoms with Crippen molar-refractivity contribution in [2.24, 2.45) is 0 Å². The van der Waals surface area contributed by atoms with Gasteiger partial charge in [-0.15, -0.1) is 11.3 Å². The standard InChI is InChI=1S/C20H21N3O2S2/c1-13-9-23(10-14(2)25-13)18(24)11-26-19-16-8-17(15-6-4-3-5-7-15)27-20(16)22-12-21-19/h3-8,12-14H,9-11H2,1-2H3. The van der Waals surface area contributed by atoms with Crippen molar-refractivity contribution in [3.05, 3.63) is 42.7 Å². The van der Waals surface area contributed by atoms with Crippen LogP contribution in [0.2, 0.25) is 0 Å². The summed E-state index contributed by atoms with van der Waals surface area (Å²) in [5, 5.41) is 1.88. The van der Waals surface area contributed by atoms with Gasteiger partial charge in [0.25, 0.3) is 0 Å². The van der Waals surface area contributed by atoms with Crippen LogP contribution in [0.15, 0.2) is 47.8 Å². The van der Waals surface area contributed by atoms with Crippen molar-refractivity contribution in [3.63, 3.8) is 0 Å². The van der Waals surface area contributed by atoms with E-state index in [1.165, 1.54) is 17.3 Å². The number of benzene rings is 1. The highest BCUT2D eigenvalue weighted by Crippen LogP contribution is 2.36. The molecular formula is C20H21N3O2S2. The first-order chi connectivity index (χ1) is 13.1. The maximum absolute atomic E-state index is 12.6. The van der Waals surface area contributed by atoms with E-state index in [2.05, 4.69) is 28.2 Å². The van der Waals surface area contributed by atoms with E-state index in [0.29, 0.717) is 18.8 Å². The second-order valence-corrected chi connectivity index (χ2v) is 8.71. The predicted octanol–water partition coefficient (Wildman–Crippen LogP) is 4.09. The number of thioether (sulfide) groups is 1. The fraction of sp³-hybridized carbons (Fsp3) is 0.350. The summed E-state index contributed by atoms with van der Waals surface area (Å²) >= 11 is 3.14. The molecule has 0 spiro atoms. The summed E-state index contributed by atoms with van der Waals surface area (Å²) in [6.07, 6.45) is 1.75. The molecule has 3 heterocycles. The van der Waals surface area contributed by atoms with Gasteiger partial charge in [0.1, 0.15) is 16.2 Å². The van der Waals surface area contributed by atoms with Gasteiger partial charge in [-0.25, -0.2) is 9.97 Å². The van der Waals surface area contributed by atoms with Crippen LogP contribution in [0.25, 0.3) is 20.7 Å². The Hall–Kier alpha value is -1.96. The minimum absolute atomic E-state index is 0.0822. The molecule has 1 aliphatic heterocycles. The first-order valence-electron chi connectivity index (χ1n) is 8.96. The maximum Gasteiger partial charge on any atom is 0.233 e. The molecule has 5 nitrogen and oxygen atoms in total. The number of amides is 1. The molecule has 3 aromatic rings. The van der Waals surface area contributed by atoms with Gasteiger partial charge in [0.05, 0.1) is 18.0 Å². The number of carbonyl (C=O) groups is 1. The molecule has 0 N–H and O–H groups in total. The lowest BCUT2D eigenvalue weighted by molar-refractivity contribution is -0.140. The molecule has 1 saturated heterocycles. The zero-order valence-corrected chi connectivity index (χ0v) is 16.9. The highest BCUT2D eigenvalue weighted by Gasteiger charge is 2.26. The van der Waals surface area contributed by atoms with Crippen molar-refractivity contribution in [2.75, 3.05) is 18.8 Å². The van der Waals surface area contributed by atoms with Crippen molar-refractivity contribution in [2.45, 2.75) is 31.1 Å². The number of nitrogens with zero attached hydrogens (tertiary/aromatic N) is 3. The van der Waals surface area contributed by atoms with Crippen LogP contribution < -0.4 is 0 Å². The number of ether oxygens (including phenoxy) is 1. The third kappa shape index (κ3) is 4.15. The highest BCUT2D eigenvalue weighted by atomic mass is 32.2. The third-order valence-corrected chi connectivity index (χ3v) is 6.54. The van der Waals surface area contributed by atoms with Gasteiger partial charge in [-0.3, -0.25) is 4.79 Å². The smallest absolute Gasteiger partial charge is 0.233 e. The fourth-order valence-electron chi connectivity index (χ4n) is 3.30. The first kappa shape index (κ1) is 18.4. The number of carbonyl (C=O) groups excluding carboxylic acids is 1. The van der Waals surface area contributed by atoms with Crippen LogP contribution >= 0.6 is 23.1 Å². The Morgan fingerprint density at radius 3 is 2.70 bits per heavy atom. The molecule has 1 amide bonds. The molecule has 27 heavy (non-hydrogen) atoms. The highest BCUT2D eigenvalue weighted by molar-refractivity contribution is 8.00. The summed E-state index contributed by atoms with van der Waals surface area (Å²) in [6, 6.07) is 12.4. The van der Waals surface area contributed by atoms with Gasteiger partial charge in [-0.1, -0.05) is 42.1 Å². The number of hydrogen-bond donors (Lipinski definition) is 0. The molecule has 0 saturated carbocycles. The van der Waals surface area contributed by atoms with E-state index in [-0.39, 0.29) is 18.1 Å². The summed E-state index contributed by atoms with van der Waals surface area (Å²) in [6.45, 7) is 5.32. The second kappa shape index (κ2) is 7.96. The Kier molecular flexibility index (Phi) is 5.43. The van der Waals surface area contributed by atoms with Crippen LogP contribution in [-0.4, -0.2) is 51.8 Å². The molecule has 140 valence electrons. The van der Waals surface area contributed by atoms with E-state index >= 15 is 0 Å². The van der Waals surface area contributed by atoms with Crippen molar-refractivity contribution in [3.8, 4) is 10.4 Å². The average molecular weight is 400 g/mol. The lowest BCUT2D eigenvalue weighted by Gasteiger charge is -2.35. The fourth-order valence-corrected chi connectivity index (χ4v) is 5.24. The van der Waals surface area contributed by atoms with Crippen molar-refractivity contribution in [1.82, 2.24) is 14.9 Å². The van der Waals surface area contributed by atoms with E-state index in [4.69, 9.17) is 4.74 Å². The number of rotatable bonds is 4. The molecule has 2 atom stereocenters. The van der Waals surface area contributed by atoms with E-state index in [1.807, 2.05) is 36.9 Å². The number of aromatic nitrogens is 2. The lowest BCUT2D eigenvalue weighted by atomic mass is 10.2. The molecule has 2 aromatic heterocycles. The topological polar surface area (TPSA) is 55.3 Å². The zero-order valence-electron chi connectivity index (χ0n) is 15.3. The monoisotopic (exact) mass is 399 g/mol. The summed E-state index contributed by atoms with van der Waals surface area (Å²) < 4.78 is 5.71. The summed E-state index contributed by atoms with van der Waals surface area (Å²) in [7, 11) is 0. The van der Waals surface area contributed by atoms with Gasteiger partial charge in [-0.2, -0.15) is 0 Å². The van der Waals surface area contributed by atoms with Crippen LogP contribution in [0.3, 0.4) is 0 Å². The quantitative estimate of drug-likeness (QED) is 0.489. The summed E-state index contributed by atoms with van der Waals surface area (Å²) in [4.78, 5) is 25.5. The molecule has 7 heteroatoms. The molecule has 1 aliphatic rings. The van der Waals surface area contributed by atoms with Crippen LogP contribution in [-0.2, 0) is 9.53 Å². The van der Waals surface area contributed by atoms with E-state index in [1.54, 1.807) is 17.7 Å². The molecule has 0 radical (unpaired) electrons. The van der Waals surface area contributed by atoms with Crippen molar-refractivity contribution in [1.29, 1.82) is 0 Å². The van der Waals surface area contributed by atoms with Gasteiger partial charge >= 0.3 is 0 Å². The Morgan fingerprint density at radius 1 is 1.22 bits per heavy atom. The SMILES string of the molecule is CC1CN(C(=O)CSc2ncnc3sc(-c4ccccc4)cc23)CC(C)O1. The Morgan fingerprint density at radius 2 is 1.96 bits per heavy atom. The number of fused-ring (bicyclic) bond motifs is 1.